The first kappa shape index (κ1) is 19.9. The Bertz CT molecular complexity index is 299. The van der Waals surface area contributed by atoms with E-state index in [4.69, 9.17) is 4.55 Å². The third-order valence-electron chi connectivity index (χ3n) is 3.80. The molecule has 1 radical (unpaired) electrons. The molecular weight excluding hydrogens is 272 g/mol. The second-order valence-electron chi connectivity index (χ2n) is 5.81. The smallest absolute Gasteiger partial charge is 0.267 e. The minimum atomic E-state index is -3.93. The molecule has 0 heterocycles. The van der Waals surface area contributed by atoms with Gasteiger partial charge in [0.15, 0.2) is 0 Å². The highest BCUT2D eigenvalue weighted by atomic mass is 32.2. The van der Waals surface area contributed by atoms with Crippen molar-refractivity contribution in [1.82, 2.24) is 0 Å². The summed E-state index contributed by atoms with van der Waals surface area (Å²) in [5.41, 5.74) is 0. The van der Waals surface area contributed by atoms with Crippen molar-refractivity contribution in [3.05, 3.63) is 6.92 Å². The van der Waals surface area contributed by atoms with Crippen LogP contribution in [0.2, 0.25) is 0 Å². The summed E-state index contributed by atoms with van der Waals surface area (Å²) in [4.78, 5) is 0. The highest BCUT2D eigenvalue weighted by molar-refractivity contribution is 7.86. The first-order valence-electron chi connectivity index (χ1n) is 8.28. The van der Waals surface area contributed by atoms with E-state index in [1.54, 1.807) is 0 Å². The SMILES string of the molecule is [CH2]C(CCCCCCCCCCCCCC)S(=O)(=O)O. The average molecular weight is 306 g/mol. The Morgan fingerprint density at radius 1 is 0.800 bits per heavy atom. The van der Waals surface area contributed by atoms with Crippen molar-refractivity contribution < 1.29 is 13.0 Å². The zero-order valence-corrected chi connectivity index (χ0v) is 14.0. The van der Waals surface area contributed by atoms with Gasteiger partial charge in [-0.25, -0.2) is 0 Å². The Balaban J connectivity index is 3.18. The maximum Gasteiger partial charge on any atom is 0.267 e. The van der Waals surface area contributed by atoms with E-state index < -0.39 is 15.4 Å². The molecule has 121 valence electrons. The summed E-state index contributed by atoms with van der Waals surface area (Å²) in [5.74, 6) is 0. The molecule has 1 N–H and O–H groups in total. The highest BCUT2D eigenvalue weighted by Gasteiger charge is 2.15. The number of unbranched alkanes of at least 4 members (excludes halogenated alkanes) is 11. The molecule has 0 fully saturated rings. The van der Waals surface area contributed by atoms with Crippen LogP contribution in [0.25, 0.3) is 0 Å². The lowest BCUT2D eigenvalue weighted by atomic mass is 10.0. The lowest BCUT2D eigenvalue weighted by Crippen LogP contribution is -2.16. The van der Waals surface area contributed by atoms with Gasteiger partial charge in [0.2, 0.25) is 0 Å². The van der Waals surface area contributed by atoms with Crippen molar-refractivity contribution >= 4 is 10.1 Å². The summed E-state index contributed by atoms with van der Waals surface area (Å²) in [6, 6.07) is 0. The number of hydrogen-bond acceptors (Lipinski definition) is 2. The topological polar surface area (TPSA) is 54.4 Å². The molecule has 0 aromatic rings. The van der Waals surface area contributed by atoms with Crippen LogP contribution in [0.3, 0.4) is 0 Å². The van der Waals surface area contributed by atoms with Gasteiger partial charge in [-0.05, 0) is 13.3 Å². The molecule has 0 aromatic heterocycles. The molecule has 1 atom stereocenters. The van der Waals surface area contributed by atoms with Crippen molar-refractivity contribution in [3.63, 3.8) is 0 Å². The average Bonchev–Trinajstić information content (AvgIpc) is 2.38. The summed E-state index contributed by atoms with van der Waals surface area (Å²) in [6.07, 6.45) is 15.5. The molecule has 0 aliphatic carbocycles. The predicted molar refractivity (Wildman–Crippen MR) is 86.4 cm³/mol. The first-order valence-corrected chi connectivity index (χ1v) is 9.78. The van der Waals surface area contributed by atoms with E-state index in [0.717, 1.165) is 19.3 Å². The Hall–Kier alpha value is -0.0900. The van der Waals surface area contributed by atoms with Crippen LogP contribution in [0.1, 0.15) is 90.4 Å². The normalized spacial score (nSPS) is 13.6. The van der Waals surface area contributed by atoms with Crippen molar-refractivity contribution in [2.24, 2.45) is 0 Å². The fraction of sp³-hybridized carbons (Fsp3) is 0.938. The van der Waals surface area contributed by atoms with Crippen molar-refractivity contribution in [2.45, 2.75) is 95.6 Å². The quantitative estimate of drug-likeness (QED) is 0.356. The fourth-order valence-corrected chi connectivity index (χ4v) is 2.83. The van der Waals surface area contributed by atoms with Gasteiger partial charge < -0.3 is 0 Å². The lowest BCUT2D eigenvalue weighted by Gasteiger charge is -2.07. The molecule has 1 unspecified atom stereocenters. The fourth-order valence-electron chi connectivity index (χ4n) is 2.36. The van der Waals surface area contributed by atoms with E-state index in [0.29, 0.717) is 6.42 Å². The van der Waals surface area contributed by atoms with Crippen LogP contribution < -0.4 is 0 Å². The Morgan fingerprint density at radius 3 is 1.50 bits per heavy atom. The lowest BCUT2D eigenvalue weighted by molar-refractivity contribution is 0.466. The van der Waals surface area contributed by atoms with Crippen molar-refractivity contribution in [2.75, 3.05) is 0 Å². The first-order chi connectivity index (χ1) is 9.48. The summed E-state index contributed by atoms with van der Waals surface area (Å²) in [6.45, 7) is 5.70. The van der Waals surface area contributed by atoms with Gasteiger partial charge in [-0.1, -0.05) is 84.0 Å². The third-order valence-corrected chi connectivity index (χ3v) is 4.88. The molecule has 0 aliphatic rings. The maximum absolute atomic E-state index is 10.8. The van der Waals surface area contributed by atoms with E-state index in [1.807, 2.05) is 0 Å². The van der Waals surface area contributed by atoms with E-state index in [-0.39, 0.29) is 0 Å². The van der Waals surface area contributed by atoms with E-state index in [1.165, 1.54) is 57.8 Å². The van der Waals surface area contributed by atoms with E-state index >= 15 is 0 Å². The molecular formula is C16H33O3S. The molecule has 0 bridgehead atoms. The minimum absolute atomic E-state index is 0.469. The second-order valence-corrected chi connectivity index (χ2v) is 7.51. The highest BCUT2D eigenvalue weighted by Crippen LogP contribution is 2.14. The summed E-state index contributed by atoms with van der Waals surface area (Å²) < 4.78 is 30.3. The van der Waals surface area contributed by atoms with E-state index in [2.05, 4.69) is 13.8 Å². The third kappa shape index (κ3) is 12.9. The molecule has 0 saturated heterocycles. The molecule has 0 spiro atoms. The van der Waals surface area contributed by atoms with Gasteiger partial charge in [0.25, 0.3) is 10.1 Å². The predicted octanol–water partition coefficient (Wildman–Crippen LogP) is 5.17. The Morgan fingerprint density at radius 2 is 1.15 bits per heavy atom. The minimum Gasteiger partial charge on any atom is -0.285 e. The van der Waals surface area contributed by atoms with Crippen LogP contribution in [0.15, 0.2) is 0 Å². The van der Waals surface area contributed by atoms with E-state index in [9.17, 15) is 8.42 Å². The molecule has 3 nitrogen and oxygen atoms in total. The Kier molecular flexibility index (Phi) is 12.6. The zero-order valence-electron chi connectivity index (χ0n) is 13.1. The maximum atomic E-state index is 10.8. The monoisotopic (exact) mass is 305 g/mol. The molecule has 0 aliphatic heterocycles. The van der Waals surface area contributed by atoms with Crippen LogP contribution >= 0.6 is 0 Å². The van der Waals surface area contributed by atoms with Gasteiger partial charge in [0.05, 0.1) is 5.25 Å². The zero-order chi connectivity index (χ0) is 15.3. The summed E-state index contributed by atoms with van der Waals surface area (Å²) in [7, 11) is -3.93. The van der Waals surface area contributed by atoms with Crippen molar-refractivity contribution in [3.8, 4) is 0 Å². The van der Waals surface area contributed by atoms with Gasteiger partial charge in [0.1, 0.15) is 0 Å². The van der Waals surface area contributed by atoms with Gasteiger partial charge in [-0.15, -0.1) is 0 Å². The molecule has 4 heteroatoms. The molecule has 0 saturated carbocycles. The second kappa shape index (κ2) is 12.6. The number of hydrogen-bond donors (Lipinski definition) is 1. The molecule has 0 amide bonds. The standard InChI is InChI=1S/C16H33O3S/c1-3-4-5-6-7-8-9-10-11-12-13-14-15-16(2)20(17,18)19/h16H,2-15H2,1H3,(H,17,18,19). The van der Waals surface area contributed by atoms with Crippen molar-refractivity contribution in [1.29, 1.82) is 0 Å². The molecule has 20 heavy (non-hydrogen) atoms. The van der Waals surface area contributed by atoms with Crippen LogP contribution in [0, 0.1) is 6.92 Å². The molecule has 0 rings (SSSR count). The Labute approximate surface area is 126 Å². The van der Waals surface area contributed by atoms with Gasteiger partial charge in [-0.3, -0.25) is 4.55 Å². The van der Waals surface area contributed by atoms with Gasteiger partial charge in [-0.2, -0.15) is 8.42 Å². The summed E-state index contributed by atoms with van der Waals surface area (Å²) in [5, 5.41) is -0.856. The van der Waals surface area contributed by atoms with Crippen LogP contribution in [-0.4, -0.2) is 18.2 Å². The number of rotatable bonds is 14. The van der Waals surface area contributed by atoms with Crippen LogP contribution in [0.5, 0.6) is 0 Å². The van der Waals surface area contributed by atoms with Crippen LogP contribution in [-0.2, 0) is 10.1 Å². The summed E-state index contributed by atoms with van der Waals surface area (Å²) >= 11 is 0. The molecule has 0 aromatic carbocycles. The largest absolute Gasteiger partial charge is 0.285 e. The van der Waals surface area contributed by atoms with Crippen LogP contribution in [0.4, 0.5) is 0 Å². The van der Waals surface area contributed by atoms with Gasteiger partial charge in [0, 0.05) is 0 Å². The van der Waals surface area contributed by atoms with Gasteiger partial charge >= 0.3 is 0 Å².